The summed E-state index contributed by atoms with van der Waals surface area (Å²) in [7, 11) is 1.46. The number of hydrogen-bond acceptors (Lipinski definition) is 3. The van der Waals surface area contributed by atoms with Crippen LogP contribution in [0.15, 0.2) is 18.2 Å². The first-order valence-electron chi connectivity index (χ1n) is 6.57. The van der Waals surface area contributed by atoms with E-state index in [0.717, 1.165) is 32.1 Å². The monoisotopic (exact) mass is 246 g/mol. The highest BCUT2D eigenvalue weighted by molar-refractivity contribution is 5.76. The Morgan fingerprint density at radius 1 is 1.44 bits per heavy atom. The lowest BCUT2D eigenvalue weighted by Crippen LogP contribution is -2.50. The van der Waals surface area contributed by atoms with Crippen LogP contribution in [0.3, 0.4) is 0 Å². The molecule has 1 N–H and O–H groups in total. The highest BCUT2D eigenvalue weighted by Gasteiger charge is 2.53. The number of fused-ring (bicyclic) bond motifs is 2. The molecule has 1 spiro atoms. The van der Waals surface area contributed by atoms with Crippen molar-refractivity contribution in [3.05, 3.63) is 29.3 Å². The zero-order valence-corrected chi connectivity index (χ0v) is 10.6. The molecule has 1 fully saturated rings. The number of carbonyl (C=O) groups is 1. The predicted octanol–water partition coefficient (Wildman–Crippen LogP) is 2.55. The van der Waals surface area contributed by atoms with Crippen molar-refractivity contribution in [2.24, 2.45) is 5.92 Å². The van der Waals surface area contributed by atoms with E-state index in [1.54, 1.807) is 6.07 Å². The Hall–Kier alpha value is -1.51. The Balaban J connectivity index is 2.05. The maximum atomic E-state index is 11.9. The molecule has 1 saturated carbocycles. The zero-order chi connectivity index (χ0) is 12.8. The molecule has 2 aliphatic carbocycles. The molecule has 0 radical (unpaired) electrons. The summed E-state index contributed by atoms with van der Waals surface area (Å²) in [5.41, 5.74) is 2.39. The summed E-state index contributed by atoms with van der Waals surface area (Å²) in [5, 5.41) is 9.71. The number of aromatic hydroxyl groups is 1. The van der Waals surface area contributed by atoms with Gasteiger partial charge in [-0.1, -0.05) is 6.07 Å². The van der Waals surface area contributed by atoms with E-state index in [9.17, 15) is 9.90 Å². The van der Waals surface area contributed by atoms with E-state index in [-0.39, 0.29) is 17.3 Å². The fraction of sp³-hybridized carbons (Fsp3) is 0.533. The molecule has 0 amide bonds. The molecule has 96 valence electrons. The maximum absolute atomic E-state index is 11.9. The molecule has 0 aromatic heterocycles. The Morgan fingerprint density at radius 3 is 2.94 bits per heavy atom. The fourth-order valence-corrected chi connectivity index (χ4v) is 3.72. The average molecular weight is 246 g/mol. The minimum atomic E-state index is -0.0996. The summed E-state index contributed by atoms with van der Waals surface area (Å²) in [4.78, 5) is 11.9. The van der Waals surface area contributed by atoms with Gasteiger partial charge in [0.05, 0.1) is 13.0 Å². The van der Waals surface area contributed by atoms with Crippen LogP contribution in [0.4, 0.5) is 0 Å². The molecule has 0 heterocycles. The quantitative estimate of drug-likeness (QED) is 0.775. The van der Waals surface area contributed by atoms with Gasteiger partial charge >= 0.3 is 5.97 Å². The number of aryl methyl sites for hydroxylation is 1. The van der Waals surface area contributed by atoms with E-state index >= 15 is 0 Å². The molecule has 1 aromatic carbocycles. The number of hydrogen-bond donors (Lipinski definition) is 1. The van der Waals surface area contributed by atoms with Gasteiger partial charge in [-0.2, -0.15) is 0 Å². The second-order valence-corrected chi connectivity index (χ2v) is 5.47. The van der Waals surface area contributed by atoms with Crippen molar-refractivity contribution in [2.45, 2.75) is 37.5 Å². The van der Waals surface area contributed by atoms with Crippen molar-refractivity contribution >= 4 is 5.97 Å². The largest absolute Gasteiger partial charge is 0.508 e. The molecule has 1 aromatic rings. The van der Waals surface area contributed by atoms with Crippen molar-refractivity contribution < 1.29 is 14.6 Å². The molecule has 0 aliphatic heterocycles. The van der Waals surface area contributed by atoms with Crippen LogP contribution in [-0.2, 0) is 21.4 Å². The number of esters is 1. The normalized spacial score (nSPS) is 29.5. The van der Waals surface area contributed by atoms with Gasteiger partial charge in [-0.3, -0.25) is 4.79 Å². The standard InChI is InChI=1S/C15H18O3/c1-18-14(17)12-6-8-15(12)7-2-3-10-4-5-11(16)9-13(10)15/h4-5,9,12,16H,2-3,6-8H2,1H3/t12-,15?/m1/s1. The molecule has 0 saturated heterocycles. The van der Waals surface area contributed by atoms with Gasteiger partial charge in [-0.05, 0) is 55.4 Å². The maximum Gasteiger partial charge on any atom is 0.309 e. The topological polar surface area (TPSA) is 46.5 Å². The number of methoxy groups -OCH3 is 1. The molecule has 3 rings (SSSR count). The van der Waals surface area contributed by atoms with Crippen LogP contribution in [0.1, 0.15) is 36.8 Å². The van der Waals surface area contributed by atoms with Crippen LogP contribution in [0.25, 0.3) is 0 Å². The van der Waals surface area contributed by atoms with E-state index in [1.165, 1.54) is 18.2 Å². The number of rotatable bonds is 1. The Bertz CT molecular complexity index is 495. The number of ether oxygens (including phenoxy) is 1. The van der Waals surface area contributed by atoms with Gasteiger partial charge in [0.1, 0.15) is 5.75 Å². The third-order valence-electron chi connectivity index (χ3n) is 4.73. The van der Waals surface area contributed by atoms with E-state index in [1.807, 2.05) is 12.1 Å². The fourth-order valence-electron chi connectivity index (χ4n) is 3.72. The minimum Gasteiger partial charge on any atom is -0.508 e. The smallest absolute Gasteiger partial charge is 0.309 e. The lowest BCUT2D eigenvalue weighted by atomic mass is 9.52. The summed E-state index contributed by atoms with van der Waals surface area (Å²) >= 11 is 0. The third kappa shape index (κ3) is 1.46. The number of carbonyl (C=O) groups excluding carboxylic acids is 1. The SMILES string of the molecule is COC(=O)[C@H]1CCC12CCCc1ccc(O)cc12. The molecule has 0 bridgehead atoms. The van der Waals surface area contributed by atoms with Gasteiger partial charge in [0.15, 0.2) is 0 Å². The Morgan fingerprint density at radius 2 is 2.28 bits per heavy atom. The van der Waals surface area contributed by atoms with Crippen LogP contribution in [0, 0.1) is 5.92 Å². The van der Waals surface area contributed by atoms with Gasteiger partial charge < -0.3 is 9.84 Å². The zero-order valence-electron chi connectivity index (χ0n) is 10.6. The van der Waals surface area contributed by atoms with E-state index in [0.29, 0.717) is 5.75 Å². The van der Waals surface area contributed by atoms with Crippen molar-refractivity contribution in [3.8, 4) is 5.75 Å². The van der Waals surface area contributed by atoms with Gasteiger partial charge in [0, 0.05) is 5.41 Å². The average Bonchev–Trinajstić information content (AvgIpc) is 2.36. The van der Waals surface area contributed by atoms with E-state index < -0.39 is 0 Å². The molecule has 2 aliphatic rings. The van der Waals surface area contributed by atoms with Crippen molar-refractivity contribution in [1.82, 2.24) is 0 Å². The Kier molecular flexibility index (Phi) is 2.58. The van der Waals surface area contributed by atoms with Gasteiger partial charge in [0.2, 0.25) is 0 Å². The van der Waals surface area contributed by atoms with Crippen LogP contribution in [-0.4, -0.2) is 18.2 Å². The lowest BCUT2D eigenvalue weighted by molar-refractivity contribution is -0.153. The second kappa shape index (κ2) is 4.01. The second-order valence-electron chi connectivity index (χ2n) is 5.47. The summed E-state index contributed by atoms with van der Waals surface area (Å²) in [6.07, 6.45) is 5.13. The Labute approximate surface area is 107 Å². The molecule has 3 heteroatoms. The van der Waals surface area contributed by atoms with Crippen LogP contribution in [0.2, 0.25) is 0 Å². The van der Waals surface area contributed by atoms with E-state index in [2.05, 4.69) is 0 Å². The minimum absolute atomic E-state index is 0.0247. The third-order valence-corrected chi connectivity index (χ3v) is 4.73. The molecule has 3 nitrogen and oxygen atoms in total. The van der Waals surface area contributed by atoms with Crippen LogP contribution in [0.5, 0.6) is 5.75 Å². The molecular weight excluding hydrogens is 228 g/mol. The van der Waals surface area contributed by atoms with Crippen LogP contribution < -0.4 is 0 Å². The van der Waals surface area contributed by atoms with E-state index in [4.69, 9.17) is 4.74 Å². The molecule has 1 unspecified atom stereocenters. The van der Waals surface area contributed by atoms with Crippen LogP contribution >= 0.6 is 0 Å². The molecule has 18 heavy (non-hydrogen) atoms. The summed E-state index contributed by atoms with van der Waals surface area (Å²) in [6, 6.07) is 5.59. The number of benzene rings is 1. The first-order valence-corrected chi connectivity index (χ1v) is 6.57. The lowest BCUT2D eigenvalue weighted by Gasteiger charge is -2.51. The number of phenolic OH excluding ortho intramolecular Hbond substituents is 1. The highest BCUT2D eigenvalue weighted by atomic mass is 16.5. The van der Waals surface area contributed by atoms with Gasteiger partial charge in [-0.15, -0.1) is 0 Å². The highest BCUT2D eigenvalue weighted by Crippen LogP contribution is 2.56. The molecule has 2 atom stereocenters. The van der Waals surface area contributed by atoms with Gasteiger partial charge in [0.25, 0.3) is 0 Å². The summed E-state index contributed by atoms with van der Waals surface area (Å²) in [6.45, 7) is 0. The van der Waals surface area contributed by atoms with Crippen molar-refractivity contribution in [2.75, 3.05) is 7.11 Å². The number of phenols is 1. The summed E-state index contributed by atoms with van der Waals surface area (Å²) in [5.74, 6) is 0.173. The first kappa shape index (κ1) is 11.6. The summed E-state index contributed by atoms with van der Waals surface area (Å²) < 4.78 is 4.93. The molecular formula is C15H18O3. The van der Waals surface area contributed by atoms with Crippen molar-refractivity contribution in [1.29, 1.82) is 0 Å². The van der Waals surface area contributed by atoms with Gasteiger partial charge in [-0.25, -0.2) is 0 Å². The van der Waals surface area contributed by atoms with Crippen molar-refractivity contribution in [3.63, 3.8) is 0 Å². The predicted molar refractivity (Wildman–Crippen MR) is 67.5 cm³/mol. The first-order chi connectivity index (χ1) is 8.67.